The molecule has 6 heavy (non-hydrogen) atoms. The Bertz CT molecular complexity index is 51.5. The standard InChI is InChI=1S/C4H6ClS/c1-4(5)2-3-6/h1-3H2. The topological polar surface area (TPSA) is 0 Å². The van der Waals surface area contributed by atoms with Crippen LogP contribution in [0.5, 0.6) is 0 Å². The number of hydrogen-bond acceptors (Lipinski definition) is 0. The van der Waals surface area contributed by atoms with Gasteiger partial charge in [0.1, 0.15) is 0 Å². The van der Waals surface area contributed by atoms with Crippen LogP contribution in [0, 0.1) is 0 Å². The van der Waals surface area contributed by atoms with Gasteiger partial charge in [-0.05, 0) is 6.42 Å². The molecule has 0 saturated heterocycles. The van der Waals surface area contributed by atoms with Crippen LogP contribution in [0.25, 0.3) is 0 Å². The van der Waals surface area contributed by atoms with Crippen molar-refractivity contribution >= 4 is 24.2 Å². The van der Waals surface area contributed by atoms with Gasteiger partial charge in [-0.15, -0.1) is 0 Å². The van der Waals surface area contributed by atoms with Crippen molar-refractivity contribution in [3.63, 3.8) is 0 Å². The third kappa shape index (κ3) is 4.38. The van der Waals surface area contributed by atoms with Crippen molar-refractivity contribution in [1.29, 1.82) is 0 Å². The van der Waals surface area contributed by atoms with Gasteiger partial charge in [-0.3, -0.25) is 0 Å². The van der Waals surface area contributed by atoms with Crippen LogP contribution < -0.4 is 0 Å². The first-order valence-electron chi connectivity index (χ1n) is 1.68. The molecule has 0 rings (SSSR count). The molecule has 0 aliphatic heterocycles. The smallest absolute Gasteiger partial charge is 0.0117 e. The van der Waals surface area contributed by atoms with Crippen molar-refractivity contribution in [2.24, 2.45) is 0 Å². The highest BCUT2D eigenvalue weighted by Crippen LogP contribution is 2.02. The van der Waals surface area contributed by atoms with Crippen LogP contribution in [-0.4, -0.2) is 5.75 Å². The number of rotatable bonds is 2. The lowest BCUT2D eigenvalue weighted by Crippen LogP contribution is -1.68. The second-order valence-electron chi connectivity index (χ2n) is 0.971. The van der Waals surface area contributed by atoms with Crippen LogP contribution in [-0.2, 0) is 0 Å². The Balaban J connectivity index is 2.83. The maximum absolute atomic E-state index is 5.32. The van der Waals surface area contributed by atoms with Gasteiger partial charge in [-0.2, -0.15) is 0 Å². The third-order valence-electron chi connectivity index (χ3n) is 0.373. The second kappa shape index (κ2) is 3.57. The Morgan fingerprint density at radius 1 is 1.83 bits per heavy atom. The molecule has 0 aliphatic carbocycles. The molecular formula is C4H6ClS. The van der Waals surface area contributed by atoms with E-state index in [1.807, 2.05) is 0 Å². The summed E-state index contributed by atoms with van der Waals surface area (Å²) in [6.07, 6.45) is 0.761. The summed E-state index contributed by atoms with van der Waals surface area (Å²) in [5, 5.41) is 0.657. The van der Waals surface area contributed by atoms with Gasteiger partial charge >= 0.3 is 0 Å². The first kappa shape index (κ1) is 6.38. The minimum atomic E-state index is 0.657. The van der Waals surface area contributed by atoms with E-state index in [0.717, 1.165) is 6.42 Å². The third-order valence-corrected chi connectivity index (χ3v) is 0.766. The molecule has 0 heterocycles. The summed E-state index contributed by atoms with van der Waals surface area (Å²) in [7, 11) is 0. The second-order valence-corrected chi connectivity index (χ2v) is 1.91. The van der Waals surface area contributed by atoms with Crippen molar-refractivity contribution in [3.8, 4) is 0 Å². The SMILES string of the molecule is C=C(Cl)CC[S]. The van der Waals surface area contributed by atoms with Crippen LogP contribution in [0.3, 0.4) is 0 Å². The molecule has 0 saturated carbocycles. The normalized spacial score (nSPS) is 8.33. The molecule has 0 spiro atoms. The molecule has 0 atom stereocenters. The van der Waals surface area contributed by atoms with E-state index < -0.39 is 0 Å². The van der Waals surface area contributed by atoms with E-state index in [9.17, 15) is 0 Å². The number of allylic oxidation sites excluding steroid dienone is 1. The summed E-state index contributed by atoms with van der Waals surface area (Å²) in [4.78, 5) is 0. The van der Waals surface area contributed by atoms with Gasteiger partial charge in [0.2, 0.25) is 0 Å². The Labute approximate surface area is 48.6 Å². The van der Waals surface area contributed by atoms with Crippen LogP contribution in [0.15, 0.2) is 11.6 Å². The molecule has 0 aromatic carbocycles. The zero-order valence-electron chi connectivity index (χ0n) is 3.41. The fourth-order valence-electron chi connectivity index (χ4n) is 0.111. The maximum Gasteiger partial charge on any atom is 0.0117 e. The fourth-order valence-corrected chi connectivity index (χ4v) is 0.564. The van der Waals surface area contributed by atoms with Crippen LogP contribution in [0.1, 0.15) is 6.42 Å². The average Bonchev–Trinajstić information content (AvgIpc) is 1.35. The molecular weight excluding hydrogens is 116 g/mol. The highest BCUT2D eigenvalue weighted by atomic mass is 35.5. The van der Waals surface area contributed by atoms with Gasteiger partial charge in [0.15, 0.2) is 0 Å². The number of hydrogen-bond donors (Lipinski definition) is 0. The molecule has 2 heteroatoms. The van der Waals surface area contributed by atoms with E-state index in [0.29, 0.717) is 10.8 Å². The Morgan fingerprint density at radius 2 is 2.33 bits per heavy atom. The zero-order chi connectivity index (χ0) is 4.99. The predicted molar refractivity (Wildman–Crippen MR) is 32.1 cm³/mol. The minimum absolute atomic E-state index is 0.657. The van der Waals surface area contributed by atoms with Crippen LogP contribution >= 0.6 is 24.2 Å². The molecule has 0 amide bonds. The van der Waals surface area contributed by atoms with Gasteiger partial charge in [-0.1, -0.05) is 30.8 Å². The molecule has 0 aromatic rings. The summed E-state index contributed by atoms with van der Waals surface area (Å²) < 4.78 is 0. The quantitative estimate of drug-likeness (QED) is 0.526. The van der Waals surface area contributed by atoms with E-state index in [4.69, 9.17) is 11.6 Å². The summed E-state index contributed by atoms with van der Waals surface area (Å²) >= 11 is 9.90. The molecule has 0 fully saturated rings. The first-order valence-corrected chi connectivity index (χ1v) is 2.64. The fraction of sp³-hybridized carbons (Fsp3) is 0.500. The molecule has 0 aromatic heterocycles. The van der Waals surface area contributed by atoms with Gasteiger partial charge in [0, 0.05) is 10.8 Å². The molecule has 0 aliphatic rings. The van der Waals surface area contributed by atoms with E-state index in [-0.39, 0.29) is 0 Å². The van der Waals surface area contributed by atoms with E-state index >= 15 is 0 Å². The van der Waals surface area contributed by atoms with Gasteiger partial charge in [0.05, 0.1) is 0 Å². The lowest BCUT2D eigenvalue weighted by atomic mass is 10.5. The highest BCUT2D eigenvalue weighted by Gasteiger charge is 1.80. The first-order chi connectivity index (χ1) is 2.77. The summed E-state index contributed by atoms with van der Waals surface area (Å²) in [6, 6.07) is 0. The summed E-state index contributed by atoms with van der Waals surface area (Å²) in [5.41, 5.74) is 0. The average molecular weight is 122 g/mol. The van der Waals surface area contributed by atoms with Gasteiger partial charge in [-0.25, -0.2) is 0 Å². The number of halogens is 1. The molecule has 0 N–H and O–H groups in total. The van der Waals surface area contributed by atoms with E-state index in [1.165, 1.54) is 0 Å². The molecule has 0 unspecified atom stereocenters. The molecule has 1 radical (unpaired) electrons. The highest BCUT2D eigenvalue weighted by molar-refractivity contribution is 7.80. The van der Waals surface area contributed by atoms with Crippen molar-refractivity contribution in [1.82, 2.24) is 0 Å². The van der Waals surface area contributed by atoms with Gasteiger partial charge < -0.3 is 0 Å². The lowest BCUT2D eigenvalue weighted by molar-refractivity contribution is 1.23. The van der Waals surface area contributed by atoms with Gasteiger partial charge in [0.25, 0.3) is 0 Å². The Kier molecular flexibility index (Phi) is 3.79. The van der Waals surface area contributed by atoms with Crippen molar-refractivity contribution < 1.29 is 0 Å². The largest absolute Gasteiger partial charge is 0.0938 e. The van der Waals surface area contributed by atoms with Crippen molar-refractivity contribution in [2.45, 2.75) is 6.42 Å². The lowest BCUT2D eigenvalue weighted by Gasteiger charge is -1.83. The summed E-state index contributed by atoms with van der Waals surface area (Å²) in [5.74, 6) is 0.683. The van der Waals surface area contributed by atoms with Crippen LogP contribution in [0.4, 0.5) is 0 Å². The molecule has 35 valence electrons. The Hall–Kier alpha value is 0.380. The van der Waals surface area contributed by atoms with Crippen LogP contribution in [0.2, 0.25) is 0 Å². The Morgan fingerprint density at radius 3 is 2.33 bits per heavy atom. The summed E-state index contributed by atoms with van der Waals surface area (Å²) in [6.45, 7) is 3.44. The zero-order valence-corrected chi connectivity index (χ0v) is 4.98. The van der Waals surface area contributed by atoms with Crippen molar-refractivity contribution in [3.05, 3.63) is 11.6 Å². The van der Waals surface area contributed by atoms with E-state index in [1.54, 1.807) is 0 Å². The predicted octanol–water partition coefficient (Wildman–Crippen LogP) is 2.33. The molecule has 0 bridgehead atoms. The molecule has 0 nitrogen and oxygen atoms in total. The van der Waals surface area contributed by atoms with E-state index in [2.05, 4.69) is 19.2 Å². The van der Waals surface area contributed by atoms with Crippen molar-refractivity contribution in [2.75, 3.05) is 5.75 Å². The maximum atomic E-state index is 5.32. The minimum Gasteiger partial charge on any atom is -0.0938 e. The monoisotopic (exact) mass is 121 g/mol.